The van der Waals surface area contributed by atoms with Crippen LogP contribution >= 0.6 is 23.7 Å². The van der Waals surface area contributed by atoms with Gasteiger partial charge in [-0.2, -0.15) is 0 Å². The van der Waals surface area contributed by atoms with E-state index in [1.54, 1.807) is 5.38 Å². The number of amides is 2. The lowest BCUT2D eigenvalue weighted by Gasteiger charge is -2.29. The molecule has 5 N–H and O–H groups in total. The molecule has 0 radical (unpaired) electrons. The van der Waals surface area contributed by atoms with Crippen LogP contribution in [0.5, 0.6) is 0 Å². The molecule has 1 fully saturated rings. The molecule has 1 aromatic heterocycles. The fourth-order valence-corrected chi connectivity index (χ4v) is 3.53. The first kappa shape index (κ1) is 17.9. The lowest BCUT2D eigenvalue weighted by Crippen LogP contribution is -2.45. The lowest BCUT2D eigenvalue weighted by molar-refractivity contribution is 0.0919. The molecular formula is C14H22ClN3O2S. The van der Waals surface area contributed by atoms with Gasteiger partial charge in [-0.3, -0.25) is 9.59 Å². The Hall–Kier alpha value is -1.11. The molecule has 2 amide bonds. The largest absolute Gasteiger partial charge is 0.366 e. The van der Waals surface area contributed by atoms with Crippen molar-refractivity contribution in [2.45, 2.75) is 38.1 Å². The van der Waals surface area contributed by atoms with Crippen LogP contribution in [-0.4, -0.2) is 24.4 Å². The molecule has 5 nitrogen and oxygen atoms in total. The van der Waals surface area contributed by atoms with Gasteiger partial charge >= 0.3 is 0 Å². The molecule has 2 rings (SSSR count). The highest BCUT2D eigenvalue weighted by molar-refractivity contribution is 7.12. The van der Waals surface area contributed by atoms with E-state index >= 15 is 0 Å². The molecule has 1 unspecified atom stereocenters. The van der Waals surface area contributed by atoms with E-state index in [9.17, 15) is 9.59 Å². The van der Waals surface area contributed by atoms with Crippen molar-refractivity contribution in [1.29, 1.82) is 0 Å². The third-order valence-corrected chi connectivity index (χ3v) is 4.83. The minimum Gasteiger partial charge on any atom is -0.366 e. The molecule has 0 aliphatic heterocycles. The van der Waals surface area contributed by atoms with Crippen molar-refractivity contribution in [3.8, 4) is 0 Å². The van der Waals surface area contributed by atoms with Crippen molar-refractivity contribution in [2.24, 2.45) is 17.4 Å². The lowest BCUT2D eigenvalue weighted by atomic mass is 9.84. The van der Waals surface area contributed by atoms with Crippen molar-refractivity contribution >= 4 is 35.6 Å². The summed E-state index contributed by atoms with van der Waals surface area (Å²) in [6, 6.07) is 1.55. The first-order valence-electron chi connectivity index (χ1n) is 7.01. The van der Waals surface area contributed by atoms with Crippen LogP contribution in [0, 0.1) is 5.92 Å². The SMILES string of the molecule is Cl.NCC(NC(=O)c1cc(C(N)=O)cs1)C1CCCCC1. The van der Waals surface area contributed by atoms with Gasteiger partial charge in [-0.05, 0) is 24.8 Å². The van der Waals surface area contributed by atoms with E-state index in [0.29, 0.717) is 22.9 Å². The Morgan fingerprint density at radius 1 is 1.33 bits per heavy atom. The zero-order valence-corrected chi connectivity index (χ0v) is 13.5. The van der Waals surface area contributed by atoms with Gasteiger partial charge in [-0.15, -0.1) is 23.7 Å². The molecule has 7 heteroatoms. The average Bonchev–Trinajstić information content (AvgIpc) is 2.95. The van der Waals surface area contributed by atoms with Gasteiger partial charge in [-0.1, -0.05) is 19.3 Å². The van der Waals surface area contributed by atoms with Gasteiger partial charge < -0.3 is 16.8 Å². The zero-order valence-electron chi connectivity index (χ0n) is 11.8. The molecule has 1 heterocycles. The summed E-state index contributed by atoms with van der Waals surface area (Å²) in [6.07, 6.45) is 5.94. The first-order valence-corrected chi connectivity index (χ1v) is 7.89. The topological polar surface area (TPSA) is 98.2 Å². The highest BCUT2D eigenvalue weighted by Crippen LogP contribution is 2.26. The fraction of sp³-hybridized carbons (Fsp3) is 0.571. The van der Waals surface area contributed by atoms with Crippen molar-refractivity contribution in [3.05, 3.63) is 21.9 Å². The third-order valence-electron chi connectivity index (χ3n) is 3.90. The quantitative estimate of drug-likeness (QED) is 0.768. The average molecular weight is 332 g/mol. The summed E-state index contributed by atoms with van der Waals surface area (Å²) in [5, 5.41) is 4.61. The van der Waals surface area contributed by atoms with Crippen LogP contribution in [0.3, 0.4) is 0 Å². The van der Waals surface area contributed by atoms with Crippen LogP contribution in [0.15, 0.2) is 11.4 Å². The van der Waals surface area contributed by atoms with Gasteiger partial charge in [-0.25, -0.2) is 0 Å². The third kappa shape index (κ3) is 4.69. The van der Waals surface area contributed by atoms with Crippen molar-refractivity contribution in [1.82, 2.24) is 5.32 Å². The molecule has 0 saturated heterocycles. The molecule has 0 bridgehead atoms. The van der Waals surface area contributed by atoms with E-state index < -0.39 is 5.91 Å². The minimum atomic E-state index is -0.511. The summed E-state index contributed by atoms with van der Waals surface area (Å²) < 4.78 is 0. The highest BCUT2D eigenvalue weighted by Gasteiger charge is 2.24. The molecule has 1 atom stereocenters. The smallest absolute Gasteiger partial charge is 0.261 e. The standard InChI is InChI=1S/C14H21N3O2S.ClH/c15-7-11(9-4-2-1-3-5-9)17-14(19)12-6-10(8-20-12)13(16)18;/h6,8-9,11H,1-5,7,15H2,(H2,16,18)(H,17,19);1H. The molecule has 21 heavy (non-hydrogen) atoms. The predicted molar refractivity (Wildman–Crippen MR) is 87.0 cm³/mol. The number of rotatable bonds is 5. The number of carbonyl (C=O) groups excluding carboxylic acids is 2. The van der Waals surface area contributed by atoms with Crippen LogP contribution < -0.4 is 16.8 Å². The molecular weight excluding hydrogens is 310 g/mol. The Bertz CT molecular complexity index is 486. The second-order valence-electron chi connectivity index (χ2n) is 5.28. The van der Waals surface area contributed by atoms with Gasteiger partial charge in [0, 0.05) is 18.0 Å². The number of nitrogens with two attached hydrogens (primary N) is 2. The van der Waals surface area contributed by atoms with Crippen LogP contribution in [0.2, 0.25) is 0 Å². The number of carbonyl (C=O) groups is 2. The fourth-order valence-electron chi connectivity index (χ4n) is 2.73. The molecule has 0 aromatic carbocycles. The molecule has 0 spiro atoms. The van der Waals surface area contributed by atoms with Gasteiger partial charge in [0.15, 0.2) is 0 Å². The van der Waals surface area contributed by atoms with Crippen molar-refractivity contribution in [3.63, 3.8) is 0 Å². The number of thiophene rings is 1. The van der Waals surface area contributed by atoms with Gasteiger partial charge in [0.05, 0.1) is 10.4 Å². The maximum Gasteiger partial charge on any atom is 0.261 e. The summed E-state index contributed by atoms with van der Waals surface area (Å²) >= 11 is 1.23. The van der Waals surface area contributed by atoms with Crippen LogP contribution in [0.4, 0.5) is 0 Å². The van der Waals surface area contributed by atoms with Crippen LogP contribution in [-0.2, 0) is 0 Å². The number of primary amides is 1. The van der Waals surface area contributed by atoms with Crippen LogP contribution in [0.25, 0.3) is 0 Å². The molecule has 1 saturated carbocycles. The van der Waals surface area contributed by atoms with E-state index in [-0.39, 0.29) is 24.4 Å². The van der Waals surface area contributed by atoms with Gasteiger partial charge in [0.25, 0.3) is 5.91 Å². The number of hydrogen-bond acceptors (Lipinski definition) is 4. The number of nitrogens with one attached hydrogen (secondary N) is 1. The maximum absolute atomic E-state index is 12.2. The normalized spacial score (nSPS) is 16.8. The Labute approximate surface area is 134 Å². The van der Waals surface area contributed by atoms with E-state index in [1.807, 2.05) is 0 Å². The van der Waals surface area contributed by atoms with E-state index in [1.165, 1.54) is 36.7 Å². The minimum absolute atomic E-state index is 0. The summed E-state index contributed by atoms with van der Waals surface area (Å²) in [5.41, 5.74) is 11.4. The Morgan fingerprint density at radius 2 is 2.00 bits per heavy atom. The van der Waals surface area contributed by atoms with Gasteiger partial charge in [0.1, 0.15) is 0 Å². The molecule has 118 valence electrons. The monoisotopic (exact) mass is 331 g/mol. The summed E-state index contributed by atoms with van der Waals surface area (Å²) in [5.74, 6) is -0.209. The van der Waals surface area contributed by atoms with E-state index in [0.717, 1.165) is 12.8 Å². The molecule has 1 aromatic rings. The maximum atomic E-state index is 12.2. The molecule has 1 aliphatic carbocycles. The van der Waals surface area contributed by atoms with Crippen LogP contribution in [0.1, 0.15) is 52.1 Å². The summed E-state index contributed by atoms with van der Waals surface area (Å²) in [7, 11) is 0. The predicted octanol–water partition coefficient (Wildman–Crippen LogP) is 1.91. The first-order chi connectivity index (χ1) is 9.61. The summed E-state index contributed by atoms with van der Waals surface area (Å²) in [4.78, 5) is 23.7. The second-order valence-corrected chi connectivity index (χ2v) is 6.19. The Morgan fingerprint density at radius 3 is 2.52 bits per heavy atom. The zero-order chi connectivity index (χ0) is 14.5. The van der Waals surface area contributed by atoms with Crippen molar-refractivity contribution < 1.29 is 9.59 Å². The molecule has 1 aliphatic rings. The highest BCUT2D eigenvalue weighted by atomic mass is 35.5. The second kappa shape index (κ2) is 8.36. The van der Waals surface area contributed by atoms with E-state index in [2.05, 4.69) is 5.32 Å². The number of halogens is 1. The Balaban J connectivity index is 0.00000220. The van der Waals surface area contributed by atoms with Crippen molar-refractivity contribution in [2.75, 3.05) is 6.54 Å². The summed E-state index contributed by atoms with van der Waals surface area (Å²) in [6.45, 7) is 0.449. The Kier molecular flexibility index (Phi) is 7.14. The van der Waals surface area contributed by atoms with Gasteiger partial charge in [0.2, 0.25) is 5.91 Å². The van der Waals surface area contributed by atoms with E-state index in [4.69, 9.17) is 11.5 Å². The number of hydrogen-bond donors (Lipinski definition) is 3.